The van der Waals surface area contributed by atoms with Crippen LogP contribution in [0.4, 0.5) is 0 Å². The lowest BCUT2D eigenvalue weighted by molar-refractivity contribution is -0.0626. The molecule has 0 aromatic heterocycles. The third-order valence-corrected chi connectivity index (χ3v) is 5.95. The zero-order chi connectivity index (χ0) is 20.2. The van der Waals surface area contributed by atoms with Crippen molar-refractivity contribution < 1.29 is 24.4 Å². The second kappa shape index (κ2) is 9.24. The van der Waals surface area contributed by atoms with Crippen LogP contribution in [0.15, 0.2) is 54.6 Å². The Bertz CT molecular complexity index is 769. The molecule has 0 radical (unpaired) electrons. The Morgan fingerprint density at radius 1 is 0.966 bits per heavy atom. The second-order valence-electron chi connectivity index (χ2n) is 7.77. The average Bonchev–Trinajstić information content (AvgIpc) is 3.26. The first-order valence-electron chi connectivity index (χ1n) is 10.2. The lowest BCUT2D eigenvalue weighted by Gasteiger charge is -2.27. The number of benzene rings is 2. The molecule has 2 saturated heterocycles. The highest BCUT2D eigenvalue weighted by molar-refractivity contribution is 5.26. The topological polar surface area (TPSA) is 71.4 Å². The quantitative estimate of drug-likeness (QED) is 0.707. The summed E-state index contributed by atoms with van der Waals surface area (Å²) in [6.45, 7) is 2.08. The molecule has 6 heteroatoms. The molecule has 156 valence electrons. The van der Waals surface area contributed by atoms with E-state index in [1.807, 2.05) is 54.6 Å². The van der Waals surface area contributed by atoms with Gasteiger partial charge in [0.25, 0.3) is 0 Å². The molecular weight excluding hydrogens is 370 g/mol. The third-order valence-electron chi connectivity index (χ3n) is 5.95. The van der Waals surface area contributed by atoms with Gasteiger partial charge in [0.2, 0.25) is 0 Å². The predicted molar refractivity (Wildman–Crippen MR) is 109 cm³/mol. The van der Waals surface area contributed by atoms with E-state index in [-0.39, 0.29) is 12.1 Å². The molecule has 4 rings (SSSR count). The zero-order valence-corrected chi connectivity index (χ0v) is 16.7. The maximum Gasteiger partial charge on any atom is 0.118 e. The van der Waals surface area contributed by atoms with Gasteiger partial charge in [0.1, 0.15) is 11.9 Å². The minimum atomic E-state index is -0.731. The molecule has 0 aliphatic carbocycles. The van der Waals surface area contributed by atoms with Gasteiger partial charge in [-0.15, -0.1) is 0 Å². The van der Waals surface area contributed by atoms with Crippen LogP contribution in [0.2, 0.25) is 0 Å². The number of hydrogen-bond acceptors (Lipinski definition) is 6. The highest BCUT2D eigenvalue weighted by Gasteiger charge is 2.54. The highest BCUT2D eigenvalue weighted by atomic mass is 16.5. The minimum Gasteiger partial charge on any atom is -0.497 e. The molecule has 0 saturated carbocycles. The Hall–Kier alpha value is -1.96. The normalized spacial score (nSPS) is 29.1. The van der Waals surface area contributed by atoms with Crippen LogP contribution in [0.1, 0.15) is 17.5 Å². The van der Waals surface area contributed by atoms with Crippen molar-refractivity contribution in [3.05, 3.63) is 65.7 Å². The number of aliphatic hydroxyl groups excluding tert-OH is 2. The molecule has 6 nitrogen and oxygen atoms in total. The molecule has 0 bridgehead atoms. The predicted octanol–water partition coefficient (Wildman–Crippen LogP) is 1.98. The van der Waals surface area contributed by atoms with Gasteiger partial charge in [-0.3, -0.25) is 4.90 Å². The van der Waals surface area contributed by atoms with Crippen LogP contribution in [-0.2, 0) is 22.7 Å². The van der Waals surface area contributed by atoms with Crippen molar-refractivity contribution in [1.29, 1.82) is 0 Å². The zero-order valence-electron chi connectivity index (χ0n) is 16.7. The van der Waals surface area contributed by atoms with Gasteiger partial charge in [-0.1, -0.05) is 42.5 Å². The summed E-state index contributed by atoms with van der Waals surface area (Å²) >= 11 is 0. The van der Waals surface area contributed by atoms with Crippen molar-refractivity contribution in [2.75, 3.05) is 20.3 Å². The molecule has 2 fully saturated rings. The summed E-state index contributed by atoms with van der Waals surface area (Å²) in [7, 11) is 1.65. The van der Waals surface area contributed by atoms with E-state index in [0.29, 0.717) is 26.2 Å². The number of hydrogen-bond donors (Lipinski definition) is 2. The molecule has 2 aromatic carbocycles. The van der Waals surface area contributed by atoms with E-state index in [9.17, 15) is 10.2 Å². The standard InChI is InChI=1S/C23H29NO5/c1-27-18-9-7-17(8-10-18)13-28-15-19-23(29-14-16-5-3-2-4-6-16)22(26)21-20(25)11-12-24(19)21/h2-10,19-23,25-26H,11-15H2,1H3/t19-,20+,21+,22+,23+/m1/s1. The molecule has 2 heterocycles. The molecular formula is C23H29NO5. The summed E-state index contributed by atoms with van der Waals surface area (Å²) in [5, 5.41) is 21.2. The lowest BCUT2D eigenvalue weighted by atomic mass is 10.0. The highest BCUT2D eigenvalue weighted by Crippen LogP contribution is 2.35. The SMILES string of the molecule is COc1ccc(COC[C@@H]2[C@H](OCc3ccccc3)[C@@H](O)[C@@H]3[C@@H](O)CCN32)cc1. The fourth-order valence-electron chi connectivity index (χ4n) is 4.43. The van der Waals surface area contributed by atoms with Crippen molar-refractivity contribution in [3.63, 3.8) is 0 Å². The molecule has 0 unspecified atom stereocenters. The van der Waals surface area contributed by atoms with Crippen molar-refractivity contribution in [3.8, 4) is 5.75 Å². The van der Waals surface area contributed by atoms with Crippen LogP contribution >= 0.6 is 0 Å². The molecule has 5 atom stereocenters. The maximum atomic E-state index is 10.9. The van der Waals surface area contributed by atoms with Gasteiger partial charge in [0, 0.05) is 6.54 Å². The Morgan fingerprint density at radius 3 is 2.41 bits per heavy atom. The lowest BCUT2D eigenvalue weighted by Crippen LogP contribution is -2.41. The van der Waals surface area contributed by atoms with E-state index in [1.165, 1.54) is 0 Å². The van der Waals surface area contributed by atoms with Crippen LogP contribution < -0.4 is 4.74 Å². The number of fused-ring (bicyclic) bond motifs is 1. The summed E-state index contributed by atoms with van der Waals surface area (Å²) < 4.78 is 17.3. The van der Waals surface area contributed by atoms with Crippen molar-refractivity contribution in [2.45, 2.75) is 50.0 Å². The first kappa shape index (κ1) is 20.3. The van der Waals surface area contributed by atoms with Gasteiger partial charge in [-0.05, 0) is 29.7 Å². The first-order chi connectivity index (χ1) is 14.2. The molecule has 2 N–H and O–H groups in total. The number of rotatable bonds is 8. The largest absolute Gasteiger partial charge is 0.497 e. The minimum absolute atomic E-state index is 0.0888. The smallest absolute Gasteiger partial charge is 0.118 e. The number of methoxy groups -OCH3 is 1. The molecule has 29 heavy (non-hydrogen) atoms. The monoisotopic (exact) mass is 399 g/mol. The van der Waals surface area contributed by atoms with Crippen molar-refractivity contribution >= 4 is 0 Å². The maximum absolute atomic E-state index is 10.9. The Morgan fingerprint density at radius 2 is 1.69 bits per heavy atom. The summed E-state index contributed by atoms with van der Waals surface area (Å²) in [5.74, 6) is 0.816. The molecule has 0 spiro atoms. The van der Waals surface area contributed by atoms with Crippen LogP contribution in [0.3, 0.4) is 0 Å². The van der Waals surface area contributed by atoms with E-state index in [0.717, 1.165) is 23.4 Å². The number of ether oxygens (including phenoxy) is 3. The van der Waals surface area contributed by atoms with Gasteiger partial charge in [0.15, 0.2) is 0 Å². The summed E-state index contributed by atoms with van der Waals surface area (Å²) in [6, 6.07) is 17.3. The fourth-order valence-corrected chi connectivity index (χ4v) is 4.43. The molecule has 0 amide bonds. The van der Waals surface area contributed by atoms with Crippen molar-refractivity contribution in [1.82, 2.24) is 4.90 Å². The summed E-state index contributed by atoms with van der Waals surface area (Å²) in [6.07, 6.45) is -0.988. The molecule has 2 aromatic rings. The van der Waals surface area contributed by atoms with E-state index in [1.54, 1.807) is 7.11 Å². The summed E-state index contributed by atoms with van der Waals surface area (Å²) in [5.41, 5.74) is 2.12. The van der Waals surface area contributed by atoms with Crippen LogP contribution in [0.25, 0.3) is 0 Å². The van der Waals surface area contributed by atoms with Gasteiger partial charge in [-0.25, -0.2) is 0 Å². The Balaban J connectivity index is 1.39. The van der Waals surface area contributed by atoms with Gasteiger partial charge in [-0.2, -0.15) is 0 Å². The second-order valence-corrected chi connectivity index (χ2v) is 7.77. The Kier molecular flexibility index (Phi) is 6.47. The van der Waals surface area contributed by atoms with Gasteiger partial charge in [0.05, 0.1) is 51.2 Å². The fraction of sp³-hybridized carbons (Fsp3) is 0.478. The van der Waals surface area contributed by atoms with E-state index < -0.39 is 18.3 Å². The number of nitrogens with zero attached hydrogens (tertiary/aromatic N) is 1. The Labute approximate surface area is 171 Å². The summed E-state index contributed by atoms with van der Waals surface area (Å²) in [4.78, 5) is 2.15. The van der Waals surface area contributed by atoms with Crippen molar-refractivity contribution in [2.24, 2.45) is 0 Å². The molecule has 2 aliphatic heterocycles. The van der Waals surface area contributed by atoms with E-state index >= 15 is 0 Å². The van der Waals surface area contributed by atoms with Gasteiger partial charge >= 0.3 is 0 Å². The molecule has 2 aliphatic rings. The third kappa shape index (κ3) is 4.47. The van der Waals surface area contributed by atoms with Gasteiger partial charge < -0.3 is 24.4 Å². The van der Waals surface area contributed by atoms with E-state index in [2.05, 4.69) is 4.90 Å². The van der Waals surface area contributed by atoms with Crippen LogP contribution in [-0.4, -0.2) is 65.8 Å². The first-order valence-corrected chi connectivity index (χ1v) is 10.2. The van der Waals surface area contributed by atoms with E-state index in [4.69, 9.17) is 14.2 Å². The number of aliphatic hydroxyl groups is 2. The van der Waals surface area contributed by atoms with Crippen LogP contribution in [0, 0.1) is 0 Å². The van der Waals surface area contributed by atoms with Crippen LogP contribution in [0.5, 0.6) is 5.75 Å². The average molecular weight is 399 g/mol.